The molecule has 12 heteroatoms. The first kappa shape index (κ1) is 25.2. The molecule has 0 saturated carbocycles. The lowest BCUT2D eigenvalue weighted by atomic mass is 10.1. The van der Waals surface area contributed by atoms with E-state index in [9.17, 15) is 23.6 Å². The van der Waals surface area contributed by atoms with E-state index in [0.717, 1.165) is 5.69 Å². The molecule has 0 radical (unpaired) electrons. The van der Waals surface area contributed by atoms with Crippen molar-refractivity contribution in [2.45, 2.75) is 24.9 Å². The molecule has 1 aromatic carbocycles. The molecule has 0 fully saturated rings. The van der Waals surface area contributed by atoms with Crippen molar-refractivity contribution in [2.24, 2.45) is 5.73 Å². The molecule has 10 nitrogen and oxygen atoms in total. The van der Waals surface area contributed by atoms with Crippen LogP contribution in [-0.4, -0.2) is 70.6 Å². The highest BCUT2D eigenvalue weighted by molar-refractivity contribution is 7.99. The minimum absolute atomic E-state index is 0.0979. The smallest absolute Gasteiger partial charge is 0.322 e. The van der Waals surface area contributed by atoms with Crippen LogP contribution in [0, 0.1) is 5.82 Å². The maximum Gasteiger partial charge on any atom is 0.322 e. The summed E-state index contributed by atoms with van der Waals surface area (Å²) < 4.78 is 12.9. The Morgan fingerprint density at radius 2 is 1.80 bits per heavy atom. The lowest BCUT2D eigenvalue weighted by molar-refractivity contribution is -0.139. The molecule has 2 atom stereocenters. The van der Waals surface area contributed by atoms with Gasteiger partial charge in [0.05, 0.1) is 0 Å². The van der Waals surface area contributed by atoms with Gasteiger partial charge in [0.15, 0.2) is 0 Å². The second-order valence-corrected chi connectivity index (χ2v) is 7.37. The van der Waals surface area contributed by atoms with Gasteiger partial charge in [-0.1, -0.05) is 0 Å². The fourth-order valence-corrected chi connectivity index (χ4v) is 3.07. The highest BCUT2D eigenvalue weighted by Crippen LogP contribution is 2.09. The van der Waals surface area contributed by atoms with E-state index >= 15 is 0 Å². The third-order valence-electron chi connectivity index (χ3n) is 3.77. The quantitative estimate of drug-likeness (QED) is 0.213. The van der Waals surface area contributed by atoms with Gasteiger partial charge in [0.25, 0.3) is 0 Å². The number of aliphatic carboxylic acids is 2. The molecule has 2 amide bonds. The summed E-state index contributed by atoms with van der Waals surface area (Å²) in [7, 11) is 0. The Kier molecular flexibility index (Phi) is 11.2. The molecule has 0 aliphatic rings. The van der Waals surface area contributed by atoms with Crippen LogP contribution >= 0.6 is 11.8 Å². The van der Waals surface area contributed by atoms with Gasteiger partial charge in [0.2, 0.25) is 11.8 Å². The predicted octanol–water partition coefficient (Wildman–Crippen LogP) is -0.151. The average molecular weight is 444 g/mol. The summed E-state index contributed by atoms with van der Waals surface area (Å²) in [5.74, 6) is -3.29. The molecule has 0 spiro atoms. The van der Waals surface area contributed by atoms with Gasteiger partial charge in [-0.05, 0) is 30.7 Å². The lowest BCUT2D eigenvalue weighted by Gasteiger charge is -2.18. The predicted molar refractivity (Wildman–Crippen MR) is 110 cm³/mol. The van der Waals surface area contributed by atoms with E-state index in [1.54, 1.807) is 12.1 Å². The van der Waals surface area contributed by atoms with Crippen LogP contribution in [0.3, 0.4) is 0 Å². The molecule has 1 rings (SSSR count). The number of anilines is 1. The van der Waals surface area contributed by atoms with Crippen LogP contribution in [0.15, 0.2) is 24.3 Å². The van der Waals surface area contributed by atoms with E-state index in [1.165, 1.54) is 23.9 Å². The van der Waals surface area contributed by atoms with Gasteiger partial charge in [-0.25, -0.2) is 4.39 Å². The summed E-state index contributed by atoms with van der Waals surface area (Å²) in [6.45, 7) is -0.0763. The first-order valence-corrected chi connectivity index (χ1v) is 10.2. The largest absolute Gasteiger partial charge is 0.480 e. The molecule has 0 saturated heterocycles. The molecular formula is C18H25FN4O6S. The van der Waals surface area contributed by atoms with E-state index in [2.05, 4.69) is 16.0 Å². The van der Waals surface area contributed by atoms with E-state index in [1.807, 2.05) is 0 Å². The van der Waals surface area contributed by atoms with Gasteiger partial charge in [-0.3, -0.25) is 19.2 Å². The molecule has 0 bridgehead atoms. The molecule has 0 aliphatic carbocycles. The number of nitrogens with one attached hydrogen (secondary N) is 3. The van der Waals surface area contributed by atoms with E-state index in [-0.39, 0.29) is 24.4 Å². The third kappa shape index (κ3) is 10.6. The molecule has 30 heavy (non-hydrogen) atoms. The van der Waals surface area contributed by atoms with E-state index in [0.29, 0.717) is 12.3 Å². The molecule has 0 heterocycles. The standard InChI is InChI=1S/C18H25FN4O6S/c19-11-1-3-12(4-2-11)21-7-8-30-10-14(17(27)22-9-16(25)26)23-15(24)6-5-13(20)18(28)29/h1-4,13-14,21H,5-10,20H2,(H,22,27)(H,23,24)(H,25,26)(H,28,29)/t13-,14-/m0/s1. The number of amides is 2. The zero-order chi connectivity index (χ0) is 22.5. The minimum Gasteiger partial charge on any atom is -0.480 e. The van der Waals surface area contributed by atoms with Crippen LogP contribution < -0.4 is 21.7 Å². The van der Waals surface area contributed by atoms with Gasteiger partial charge >= 0.3 is 11.9 Å². The molecule has 0 aliphatic heterocycles. The minimum atomic E-state index is -1.23. The van der Waals surface area contributed by atoms with Crippen molar-refractivity contribution in [2.75, 3.05) is 29.9 Å². The summed E-state index contributed by atoms with van der Waals surface area (Å²) >= 11 is 1.34. The Labute approximate surface area is 176 Å². The summed E-state index contributed by atoms with van der Waals surface area (Å²) in [4.78, 5) is 45.5. The van der Waals surface area contributed by atoms with Crippen LogP contribution in [0.4, 0.5) is 10.1 Å². The van der Waals surface area contributed by atoms with E-state index < -0.39 is 42.4 Å². The maximum absolute atomic E-state index is 12.9. The molecule has 1 aromatic rings. The fraction of sp³-hybridized carbons (Fsp3) is 0.444. The van der Waals surface area contributed by atoms with Crippen molar-refractivity contribution < 1.29 is 33.8 Å². The Hall–Kier alpha value is -2.86. The average Bonchev–Trinajstić information content (AvgIpc) is 2.70. The Morgan fingerprint density at radius 3 is 2.40 bits per heavy atom. The topological polar surface area (TPSA) is 171 Å². The zero-order valence-electron chi connectivity index (χ0n) is 16.1. The van der Waals surface area contributed by atoms with Crippen molar-refractivity contribution >= 4 is 41.2 Å². The molecule has 0 aromatic heterocycles. The number of benzene rings is 1. The van der Waals surface area contributed by atoms with Crippen LogP contribution in [0.2, 0.25) is 0 Å². The maximum atomic E-state index is 12.9. The lowest BCUT2D eigenvalue weighted by Crippen LogP contribution is -2.49. The Balaban J connectivity index is 2.48. The number of carbonyl (C=O) groups is 4. The number of hydrogen-bond acceptors (Lipinski definition) is 7. The third-order valence-corrected chi connectivity index (χ3v) is 4.83. The highest BCUT2D eigenvalue weighted by Gasteiger charge is 2.22. The number of thioether (sulfide) groups is 1. The number of carbonyl (C=O) groups excluding carboxylic acids is 2. The van der Waals surface area contributed by atoms with Gasteiger partial charge in [0.1, 0.15) is 24.4 Å². The van der Waals surface area contributed by atoms with Crippen molar-refractivity contribution in [3.63, 3.8) is 0 Å². The second kappa shape index (κ2) is 13.4. The number of halogens is 1. The van der Waals surface area contributed by atoms with Crippen molar-refractivity contribution in [3.05, 3.63) is 30.1 Å². The number of carboxylic acids is 2. The number of carboxylic acid groups (broad SMARTS) is 2. The summed E-state index contributed by atoms with van der Waals surface area (Å²) in [5, 5.41) is 25.2. The first-order valence-electron chi connectivity index (χ1n) is 9.03. The van der Waals surface area contributed by atoms with Gasteiger partial charge < -0.3 is 31.9 Å². The molecule has 7 N–H and O–H groups in total. The van der Waals surface area contributed by atoms with Crippen molar-refractivity contribution in [1.82, 2.24) is 10.6 Å². The van der Waals surface area contributed by atoms with Gasteiger partial charge in [0, 0.05) is 30.2 Å². The fourth-order valence-electron chi connectivity index (χ4n) is 2.18. The van der Waals surface area contributed by atoms with Crippen LogP contribution in [0.1, 0.15) is 12.8 Å². The van der Waals surface area contributed by atoms with Gasteiger partial charge in [-0.15, -0.1) is 0 Å². The van der Waals surface area contributed by atoms with Gasteiger partial charge in [-0.2, -0.15) is 11.8 Å². The summed E-state index contributed by atoms with van der Waals surface area (Å²) in [6.07, 6.45) is -0.285. The monoisotopic (exact) mass is 444 g/mol. The Morgan fingerprint density at radius 1 is 1.13 bits per heavy atom. The highest BCUT2D eigenvalue weighted by atomic mass is 32.2. The van der Waals surface area contributed by atoms with Crippen LogP contribution in [-0.2, 0) is 19.2 Å². The molecule has 166 valence electrons. The van der Waals surface area contributed by atoms with Crippen LogP contribution in [0.5, 0.6) is 0 Å². The molecule has 0 unspecified atom stereocenters. The number of nitrogens with two attached hydrogens (primary N) is 1. The van der Waals surface area contributed by atoms with Crippen molar-refractivity contribution in [1.29, 1.82) is 0 Å². The SMILES string of the molecule is N[C@@H](CCC(=O)N[C@@H](CSCCNc1ccc(F)cc1)C(=O)NCC(=O)O)C(=O)O. The first-order chi connectivity index (χ1) is 14.2. The van der Waals surface area contributed by atoms with Crippen molar-refractivity contribution in [3.8, 4) is 0 Å². The number of rotatable bonds is 14. The zero-order valence-corrected chi connectivity index (χ0v) is 16.9. The van der Waals surface area contributed by atoms with Crippen LogP contribution in [0.25, 0.3) is 0 Å². The number of hydrogen-bond donors (Lipinski definition) is 6. The summed E-state index contributed by atoms with van der Waals surface area (Å²) in [5.41, 5.74) is 6.08. The van der Waals surface area contributed by atoms with E-state index in [4.69, 9.17) is 15.9 Å². The molecular weight excluding hydrogens is 419 g/mol. The second-order valence-electron chi connectivity index (χ2n) is 6.22. The summed E-state index contributed by atoms with van der Waals surface area (Å²) in [6, 6.07) is 3.64. The normalized spacial score (nSPS) is 12.5. The Bertz CT molecular complexity index is 734.